The van der Waals surface area contributed by atoms with Crippen LogP contribution in [0.4, 0.5) is 11.4 Å². The second-order valence-corrected chi connectivity index (χ2v) is 9.26. The van der Waals surface area contributed by atoms with Crippen LogP contribution in [0.15, 0.2) is 48.5 Å². The summed E-state index contributed by atoms with van der Waals surface area (Å²) in [7, 11) is 0. The normalized spacial score (nSPS) is 14.0. The molecule has 1 aliphatic heterocycles. The fraction of sp³-hybridized carbons (Fsp3) is 0.400. The van der Waals surface area contributed by atoms with Crippen LogP contribution in [0.25, 0.3) is 0 Å². The molecule has 5 heteroatoms. The number of anilines is 2. The quantitative estimate of drug-likeness (QED) is 0.368. The predicted octanol–water partition coefficient (Wildman–Crippen LogP) is 6.16. The number of cyclic esters (lactones) is 1. The van der Waals surface area contributed by atoms with E-state index < -0.39 is 5.60 Å². The van der Waals surface area contributed by atoms with Crippen molar-refractivity contribution in [1.29, 1.82) is 0 Å². The van der Waals surface area contributed by atoms with Gasteiger partial charge in [0.2, 0.25) is 0 Å². The van der Waals surface area contributed by atoms with E-state index >= 15 is 0 Å². The summed E-state index contributed by atoms with van der Waals surface area (Å²) in [5.74, 6) is -0.372. The molecule has 1 aliphatic rings. The Morgan fingerprint density at radius 3 is 1.60 bits per heavy atom. The molecule has 0 saturated carbocycles. The monoisotopic (exact) mass is 471 g/mol. The maximum Gasteiger partial charge on any atom is 0.358 e. The van der Waals surface area contributed by atoms with Gasteiger partial charge in [-0.3, -0.25) is 0 Å². The second kappa shape index (κ2) is 9.73. The Morgan fingerprint density at radius 1 is 0.714 bits per heavy atom. The standard InChI is InChI=1S/C30H37N3O2/c1-8-32(9-2)23-13-16-25(20(5)18-23)30(27-15-12-22(7)31-28(27)29(34)35-30)26-17-14-24(19-21(26)6)33(10-3)11-4/h12-19H,8-11H2,1-7H3. The molecule has 35 heavy (non-hydrogen) atoms. The lowest BCUT2D eigenvalue weighted by molar-refractivity contribution is 0.0245. The van der Waals surface area contributed by atoms with E-state index in [9.17, 15) is 4.79 Å². The van der Waals surface area contributed by atoms with Gasteiger partial charge in [0.25, 0.3) is 0 Å². The van der Waals surface area contributed by atoms with E-state index in [-0.39, 0.29) is 5.97 Å². The first-order valence-electron chi connectivity index (χ1n) is 12.7. The van der Waals surface area contributed by atoms with Crippen molar-refractivity contribution < 1.29 is 9.53 Å². The minimum absolute atomic E-state index is 0.372. The number of hydrogen-bond acceptors (Lipinski definition) is 5. The molecule has 0 aliphatic carbocycles. The van der Waals surface area contributed by atoms with Gasteiger partial charge in [-0.05, 0) is 89.9 Å². The molecule has 0 atom stereocenters. The Labute approximate surface area is 209 Å². The first kappa shape index (κ1) is 24.8. The molecule has 0 unspecified atom stereocenters. The fourth-order valence-electron chi connectivity index (χ4n) is 5.44. The SMILES string of the molecule is CCN(CC)c1ccc(C2(c3ccc(N(CC)CC)cc3C)OC(=O)c3nc(C)ccc32)c(C)c1. The highest BCUT2D eigenvalue weighted by atomic mass is 16.6. The average molecular weight is 472 g/mol. The first-order valence-corrected chi connectivity index (χ1v) is 12.7. The minimum Gasteiger partial charge on any atom is -0.439 e. The summed E-state index contributed by atoms with van der Waals surface area (Å²) in [4.78, 5) is 22.5. The third-order valence-corrected chi connectivity index (χ3v) is 7.29. The highest BCUT2D eigenvalue weighted by molar-refractivity contribution is 5.94. The molecule has 0 bridgehead atoms. The third kappa shape index (κ3) is 4.07. The van der Waals surface area contributed by atoms with E-state index in [0.29, 0.717) is 5.69 Å². The van der Waals surface area contributed by atoms with Crippen molar-refractivity contribution in [2.75, 3.05) is 36.0 Å². The number of carbonyl (C=O) groups excluding carboxylic acids is 1. The lowest BCUT2D eigenvalue weighted by atomic mass is 9.77. The predicted molar refractivity (Wildman–Crippen MR) is 144 cm³/mol. The van der Waals surface area contributed by atoms with Gasteiger partial charge in [-0.25, -0.2) is 9.78 Å². The molecule has 2 aromatic carbocycles. The molecule has 184 valence electrons. The van der Waals surface area contributed by atoms with Gasteiger partial charge in [0.15, 0.2) is 11.3 Å². The molecule has 0 saturated heterocycles. The number of ether oxygens (including phenoxy) is 1. The van der Waals surface area contributed by atoms with Crippen molar-refractivity contribution in [1.82, 2.24) is 4.98 Å². The van der Waals surface area contributed by atoms with Crippen LogP contribution in [0.1, 0.15) is 71.7 Å². The number of carbonyl (C=O) groups is 1. The molecule has 0 fully saturated rings. The topological polar surface area (TPSA) is 45.7 Å². The average Bonchev–Trinajstić information content (AvgIpc) is 3.13. The number of aromatic nitrogens is 1. The highest BCUT2D eigenvalue weighted by Gasteiger charge is 2.51. The Morgan fingerprint density at radius 2 is 1.17 bits per heavy atom. The molecular formula is C30H37N3O2. The Kier molecular flexibility index (Phi) is 6.88. The molecule has 0 radical (unpaired) electrons. The molecule has 1 aromatic heterocycles. The molecule has 4 rings (SSSR count). The number of hydrogen-bond donors (Lipinski definition) is 0. The van der Waals surface area contributed by atoms with Crippen LogP contribution >= 0.6 is 0 Å². The van der Waals surface area contributed by atoms with Crippen LogP contribution in [0.2, 0.25) is 0 Å². The zero-order valence-electron chi connectivity index (χ0n) is 22.1. The Bertz CT molecular complexity index is 1180. The van der Waals surface area contributed by atoms with Gasteiger partial charge >= 0.3 is 5.97 Å². The summed E-state index contributed by atoms with van der Waals surface area (Å²) in [5.41, 5.74) is 7.46. The number of benzene rings is 2. The van der Waals surface area contributed by atoms with Crippen LogP contribution in [0.3, 0.4) is 0 Å². The Balaban J connectivity index is 1.98. The molecule has 0 amide bonds. The van der Waals surface area contributed by atoms with Gasteiger partial charge in [0.05, 0.1) is 0 Å². The van der Waals surface area contributed by atoms with Gasteiger partial charge in [-0.15, -0.1) is 0 Å². The van der Waals surface area contributed by atoms with E-state index in [1.54, 1.807) is 0 Å². The second-order valence-electron chi connectivity index (χ2n) is 9.26. The molecular weight excluding hydrogens is 434 g/mol. The molecule has 0 spiro atoms. The number of fused-ring (bicyclic) bond motifs is 1. The largest absolute Gasteiger partial charge is 0.439 e. The summed E-state index contributed by atoms with van der Waals surface area (Å²) < 4.78 is 6.39. The van der Waals surface area contributed by atoms with Crippen LogP contribution in [0, 0.1) is 20.8 Å². The van der Waals surface area contributed by atoms with Crippen LogP contribution in [-0.4, -0.2) is 37.1 Å². The van der Waals surface area contributed by atoms with Crippen molar-refractivity contribution in [3.63, 3.8) is 0 Å². The van der Waals surface area contributed by atoms with Gasteiger partial charge < -0.3 is 14.5 Å². The summed E-state index contributed by atoms with van der Waals surface area (Å²) in [5, 5.41) is 0. The summed E-state index contributed by atoms with van der Waals surface area (Å²) in [6.45, 7) is 18.5. The fourth-order valence-corrected chi connectivity index (χ4v) is 5.44. The summed E-state index contributed by atoms with van der Waals surface area (Å²) in [6, 6.07) is 16.9. The van der Waals surface area contributed by atoms with Gasteiger partial charge in [-0.1, -0.05) is 18.2 Å². The zero-order valence-corrected chi connectivity index (χ0v) is 22.1. The van der Waals surface area contributed by atoms with E-state index in [1.165, 1.54) is 11.4 Å². The highest BCUT2D eigenvalue weighted by Crippen LogP contribution is 2.49. The number of aryl methyl sites for hydroxylation is 3. The third-order valence-electron chi connectivity index (χ3n) is 7.29. The molecule has 5 nitrogen and oxygen atoms in total. The first-order chi connectivity index (χ1) is 16.8. The number of rotatable bonds is 8. The molecule has 0 N–H and O–H groups in total. The maximum absolute atomic E-state index is 13.2. The zero-order chi connectivity index (χ0) is 25.3. The Hall–Kier alpha value is -3.34. The summed E-state index contributed by atoms with van der Waals surface area (Å²) in [6.07, 6.45) is 0. The number of esters is 1. The molecule has 2 heterocycles. The van der Waals surface area contributed by atoms with Crippen LogP contribution < -0.4 is 9.80 Å². The van der Waals surface area contributed by atoms with E-state index in [1.807, 2.05) is 19.1 Å². The van der Waals surface area contributed by atoms with Gasteiger partial charge in [-0.2, -0.15) is 0 Å². The van der Waals surface area contributed by atoms with Gasteiger partial charge in [0, 0.05) is 59.9 Å². The molecule has 3 aromatic rings. The maximum atomic E-state index is 13.2. The minimum atomic E-state index is -1.04. The van der Waals surface area contributed by atoms with E-state index in [2.05, 4.69) is 92.7 Å². The van der Waals surface area contributed by atoms with Gasteiger partial charge in [0.1, 0.15) is 0 Å². The van der Waals surface area contributed by atoms with Crippen molar-refractivity contribution >= 4 is 17.3 Å². The number of pyridine rings is 1. The van der Waals surface area contributed by atoms with E-state index in [4.69, 9.17) is 4.74 Å². The lowest BCUT2D eigenvalue weighted by Gasteiger charge is -2.34. The van der Waals surface area contributed by atoms with Crippen molar-refractivity contribution in [2.24, 2.45) is 0 Å². The van der Waals surface area contributed by atoms with Crippen molar-refractivity contribution in [3.05, 3.63) is 87.7 Å². The van der Waals surface area contributed by atoms with Crippen molar-refractivity contribution in [3.8, 4) is 0 Å². The van der Waals surface area contributed by atoms with Crippen molar-refractivity contribution in [2.45, 2.75) is 54.1 Å². The van der Waals surface area contributed by atoms with E-state index in [0.717, 1.165) is 59.7 Å². The summed E-state index contributed by atoms with van der Waals surface area (Å²) >= 11 is 0. The van der Waals surface area contributed by atoms with Crippen LogP contribution in [0.5, 0.6) is 0 Å². The lowest BCUT2D eigenvalue weighted by Crippen LogP contribution is -2.32. The number of nitrogens with zero attached hydrogens (tertiary/aromatic N) is 3. The smallest absolute Gasteiger partial charge is 0.358 e. The van der Waals surface area contributed by atoms with Crippen LogP contribution in [-0.2, 0) is 10.3 Å².